The van der Waals surface area contributed by atoms with E-state index in [9.17, 15) is 5.11 Å². The average Bonchev–Trinajstić information content (AvgIpc) is 3.06. The molecule has 0 saturated heterocycles. The summed E-state index contributed by atoms with van der Waals surface area (Å²) in [5.74, 6) is 0.736. The molecule has 0 aliphatic carbocycles. The molecule has 2 heterocycles. The van der Waals surface area contributed by atoms with E-state index in [4.69, 9.17) is 4.74 Å². The molecular formula is C19H18N6O2. The van der Waals surface area contributed by atoms with Crippen LogP contribution in [0.15, 0.2) is 41.5 Å². The van der Waals surface area contributed by atoms with Crippen LogP contribution in [0, 0.1) is 0 Å². The Balaban J connectivity index is 1.58. The highest BCUT2D eigenvalue weighted by Gasteiger charge is 2.09. The minimum absolute atomic E-state index is 0.0747. The van der Waals surface area contributed by atoms with Crippen molar-refractivity contribution in [1.82, 2.24) is 20.2 Å². The summed E-state index contributed by atoms with van der Waals surface area (Å²) >= 11 is 0. The number of hydrazone groups is 1. The smallest absolute Gasteiger partial charge is 0.265 e. The second-order valence-corrected chi connectivity index (χ2v) is 5.99. The van der Waals surface area contributed by atoms with Crippen molar-refractivity contribution in [3.63, 3.8) is 0 Å². The van der Waals surface area contributed by atoms with Crippen LogP contribution in [0.4, 0.5) is 5.95 Å². The third-order valence-electron chi connectivity index (χ3n) is 4.27. The summed E-state index contributed by atoms with van der Waals surface area (Å²) in [6.07, 6.45) is 2.54. The highest BCUT2D eigenvalue weighted by molar-refractivity contribution is 6.03. The zero-order valence-corrected chi connectivity index (χ0v) is 14.9. The second-order valence-electron chi connectivity index (χ2n) is 5.99. The van der Waals surface area contributed by atoms with E-state index in [0.717, 1.165) is 28.4 Å². The van der Waals surface area contributed by atoms with Gasteiger partial charge in [0.1, 0.15) is 5.52 Å². The van der Waals surface area contributed by atoms with E-state index in [-0.39, 0.29) is 11.7 Å². The van der Waals surface area contributed by atoms with Crippen LogP contribution < -0.4 is 10.2 Å². The third-order valence-corrected chi connectivity index (χ3v) is 4.27. The molecule has 0 aliphatic heterocycles. The largest absolute Gasteiger partial charge is 0.504 e. The maximum Gasteiger partial charge on any atom is 0.265 e. The van der Waals surface area contributed by atoms with Crippen LogP contribution in [0.2, 0.25) is 0 Å². The Morgan fingerprint density at radius 1 is 1.22 bits per heavy atom. The Labute approximate surface area is 154 Å². The van der Waals surface area contributed by atoms with Gasteiger partial charge in [-0.1, -0.05) is 13.0 Å². The van der Waals surface area contributed by atoms with Crippen molar-refractivity contribution in [3.8, 4) is 11.5 Å². The molecule has 4 rings (SSSR count). The lowest BCUT2D eigenvalue weighted by Crippen LogP contribution is -1.99. The van der Waals surface area contributed by atoms with E-state index in [1.54, 1.807) is 24.4 Å². The molecule has 0 bridgehead atoms. The van der Waals surface area contributed by atoms with Crippen molar-refractivity contribution < 1.29 is 9.84 Å². The molecule has 0 amide bonds. The number of aromatic amines is 1. The predicted molar refractivity (Wildman–Crippen MR) is 104 cm³/mol. The average molecular weight is 362 g/mol. The number of fused-ring (bicyclic) bond motifs is 3. The number of hydrogen-bond acceptors (Lipinski definition) is 7. The summed E-state index contributed by atoms with van der Waals surface area (Å²) in [6.45, 7) is 2.11. The van der Waals surface area contributed by atoms with E-state index >= 15 is 0 Å². The van der Waals surface area contributed by atoms with Gasteiger partial charge in [-0.25, -0.2) is 5.43 Å². The molecule has 0 spiro atoms. The molecule has 27 heavy (non-hydrogen) atoms. The number of aromatic nitrogens is 4. The number of anilines is 1. The fraction of sp³-hybridized carbons (Fsp3) is 0.158. The summed E-state index contributed by atoms with van der Waals surface area (Å²) in [7, 11) is 1.49. The highest BCUT2D eigenvalue weighted by atomic mass is 16.5. The van der Waals surface area contributed by atoms with Gasteiger partial charge in [-0.15, -0.1) is 10.2 Å². The molecule has 8 heteroatoms. The van der Waals surface area contributed by atoms with Crippen molar-refractivity contribution in [2.24, 2.45) is 5.10 Å². The first-order chi connectivity index (χ1) is 13.2. The summed E-state index contributed by atoms with van der Waals surface area (Å²) in [4.78, 5) is 7.68. The van der Waals surface area contributed by atoms with Crippen molar-refractivity contribution in [1.29, 1.82) is 0 Å². The Morgan fingerprint density at radius 3 is 2.93 bits per heavy atom. The SMILES string of the molecule is CCc1ccc2[nH]c3nc(NN=Cc4ccc(O)c(OC)c4)nnc3c2c1. The predicted octanol–water partition coefficient (Wildman–Crippen LogP) is 3.23. The molecule has 0 aliphatic rings. The summed E-state index contributed by atoms with van der Waals surface area (Å²) in [5, 5.41) is 23.1. The monoisotopic (exact) mass is 362 g/mol. The molecule has 0 unspecified atom stereocenters. The van der Waals surface area contributed by atoms with Gasteiger partial charge < -0.3 is 14.8 Å². The van der Waals surface area contributed by atoms with Gasteiger partial charge in [0.2, 0.25) is 0 Å². The van der Waals surface area contributed by atoms with Gasteiger partial charge >= 0.3 is 0 Å². The van der Waals surface area contributed by atoms with Crippen LogP contribution in [-0.4, -0.2) is 38.6 Å². The number of methoxy groups -OCH3 is 1. The van der Waals surface area contributed by atoms with Crippen LogP contribution in [0.1, 0.15) is 18.1 Å². The topological polar surface area (TPSA) is 108 Å². The number of ether oxygens (including phenoxy) is 1. The normalized spacial score (nSPS) is 11.5. The molecule has 0 radical (unpaired) electrons. The van der Waals surface area contributed by atoms with Gasteiger partial charge in [0, 0.05) is 10.9 Å². The highest BCUT2D eigenvalue weighted by Crippen LogP contribution is 2.26. The first-order valence-electron chi connectivity index (χ1n) is 8.49. The lowest BCUT2D eigenvalue weighted by atomic mass is 10.1. The van der Waals surface area contributed by atoms with Crippen LogP contribution >= 0.6 is 0 Å². The van der Waals surface area contributed by atoms with E-state index in [2.05, 4.69) is 49.7 Å². The zero-order chi connectivity index (χ0) is 18.8. The summed E-state index contributed by atoms with van der Waals surface area (Å²) in [5.41, 5.74) is 7.11. The van der Waals surface area contributed by atoms with E-state index in [1.807, 2.05) is 6.07 Å². The number of hydrogen-bond donors (Lipinski definition) is 3. The number of aryl methyl sites for hydroxylation is 1. The number of phenolic OH excluding ortho intramolecular Hbond substituents is 1. The molecule has 0 saturated carbocycles. The van der Waals surface area contributed by atoms with Gasteiger partial charge in [0.25, 0.3) is 5.95 Å². The van der Waals surface area contributed by atoms with Gasteiger partial charge in [0.15, 0.2) is 17.1 Å². The van der Waals surface area contributed by atoms with Crippen molar-refractivity contribution >= 4 is 34.2 Å². The number of rotatable bonds is 5. The first-order valence-corrected chi connectivity index (χ1v) is 8.49. The Morgan fingerprint density at radius 2 is 2.11 bits per heavy atom. The molecule has 8 nitrogen and oxygen atoms in total. The van der Waals surface area contributed by atoms with E-state index in [1.165, 1.54) is 12.7 Å². The molecule has 2 aromatic heterocycles. The van der Waals surface area contributed by atoms with E-state index < -0.39 is 0 Å². The maximum absolute atomic E-state index is 9.61. The molecule has 3 N–H and O–H groups in total. The fourth-order valence-corrected chi connectivity index (χ4v) is 2.82. The van der Waals surface area contributed by atoms with Crippen molar-refractivity contribution in [3.05, 3.63) is 47.5 Å². The van der Waals surface area contributed by atoms with Crippen LogP contribution in [0.3, 0.4) is 0 Å². The molecule has 2 aromatic carbocycles. The number of H-pyrrole nitrogens is 1. The number of nitrogens with zero attached hydrogens (tertiary/aromatic N) is 4. The number of nitrogens with one attached hydrogen (secondary N) is 2. The zero-order valence-electron chi connectivity index (χ0n) is 14.9. The standard InChI is InChI=1S/C19H18N6O2/c1-3-11-4-6-14-13(8-11)17-18(21-14)22-19(25-23-17)24-20-10-12-5-7-15(26)16(9-12)27-2/h4-10,26H,3H2,1-2H3,(H2,21,22,24,25). The lowest BCUT2D eigenvalue weighted by molar-refractivity contribution is 0.373. The molecule has 0 atom stereocenters. The molecule has 0 fully saturated rings. The number of aromatic hydroxyl groups is 1. The minimum Gasteiger partial charge on any atom is -0.504 e. The Hall–Kier alpha value is -3.68. The molecule has 4 aromatic rings. The van der Waals surface area contributed by atoms with Gasteiger partial charge in [-0.05, 0) is 47.9 Å². The quantitative estimate of drug-likeness (QED) is 0.371. The van der Waals surface area contributed by atoms with Gasteiger partial charge in [-0.2, -0.15) is 10.1 Å². The lowest BCUT2D eigenvalue weighted by Gasteiger charge is -2.03. The van der Waals surface area contributed by atoms with E-state index in [0.29, 0.717) is 11.4 Å². The van der Waals surface area contributed by atoms with Crippen molar-refractivity contribution in [2.75, 3.05) is 12.5 Å². The first kappa shape index (κ1) is 16.8. The summed E-state index contributed by atoms with van der Waals surface area (Å²) in [6, 6.07) is 11.1. The van der Waals surface area contributed by atoms with Crippen LogP contribution in [0.25, 0.3) is 22.1 Å². The summed E-state index contributed by atoms with van der Waals surface area (Å²) < 4.78 is 5.07. The Kier molecular flexibility index (Phi) is 4.29. The Bertz CT molecular complexity index is 1150. The second kappa shape index (κ2) is 6.91. The minimum atomic E-state index is 0.0747. The maximum atomic E-state index is 9.61. The van der Waals surface area contributed by atoms with Crippen LogP contribution in [-0.2, 0) is 6.42 Å². The fourth-order valence-electron chi connectivity index (χ4n) is 2.82. The number of benzene rings is 2. The van der Waals surface area contributed by atoms with Gasteiger partial charge in [-0.3, -0.25) is 0 Å². The van der Waals surface area contributed by atoms with Crippen LogP contribution in [0.5, 0.6) is 11.5 Å². The molecular weight excluding hydrogens is 344 g/mol. The third kappa shape index (κ3) is 3.24. The van der Waals surface area contributed by atoms with Crippen molar-refractivity contribution in [2.45, 2.75) is 13.3 Å². The van der Waals surface area contributed by atoms with Gasteiger partial charge in [0.05, 0.1) is 13.3 Å². The molecule has 136 valence electrons. The number of phenols is 1.